The maximum absolute atomic E-state index is 12.1. The van der Waals surface area contributed by atoms with E-state index in [1.165, 1.54) is 18.4 Å². The lowest BCUT2D eigenvalue weighted by molar-refractivity contribution is 0.101. The number of nitriles is 1. The van der Waals surface area contributed by atoms with E-state index >= 15 is 0 Å². The molecule has 0 N–H and O–H groups in total. The standard InChI is InChI=1S/C18H10BrNO3/c19-15-5-2-1-4-14(15)16-8-7-13(23-16)10-12(11-20)18(21)17-6-3-9-22-17/h1-10H/b12-10+. The fraction of sp³-hybridized carbons (Fsp3) is 0. The number of ketones is 1. The number of Topliss-reactive ketones (excluding diaryl/α,β-unsaturated/α-hetero) is 1. The van der Waals surface area contributed by atoms with Crippen molar-refractivity contribution in [3.8, 4) is 17.4 Å². The van der Waals surface area contributed by atoms with Gasteiger partial charge in [0, 0.05) is 16.1 Å². The molecule has 2 aromatic heterocycles. The molecule has 0 radical (unpaired) electrons. The third-order valence-corrected chi connectivity index (χ3v) is 3.85. The summed E-state index contributed by atoms with van der Waals surface area (Å²) in [6, 6.07) is 16.1. The topological polar surface area (TPSA) is 67.1 Å². The summed E-state index contributed by atoms with van der Waals surface area (Å²) in [5, 5.41) is 9.19. The number of hydrogen-bond donors (Lipinski definition) is 0. The quantitative estimate of drug-likeness (QED) is 0.365. The van der Waals surface area contributed by atoms with Gasteiger partial charge >= 0.3 is 0 Å². The SMILES string of the molecule is N#C/C(=C\c1ccc(-c2ccccc2Br)o1)C(=O)c1ccco1. The zero-order valence-corrected chi connectivity index (χ0v) is 13.4. The lowest BCUT2D eigenvalue weighted by Crippen LogP contribution is -1.99. The molecular formula is C18H10BrNO3. The lowest BCUT2D eigenvalue weighted by atomic mass is 10.1. The number of furan rings is 2. The van der Waals surface area contributed by atoms with Crippen LogP contribution in [-0.4, -0.2) is 5.78 Å². The Morgan fingerprint density at radius 2 is 1.96 bits per heavy atom. The van der Waals surface area contributed by atoms with Gasteiger partial charge in [-0.2, -0.15) is 5.26 Å². The average molecular weight is 368 g/mol. The van der Waals surface area contributed by atoms with E-state index in [9.17, 15) is 10.1 Å². The van der Waals surface area contributed by atoms with Gasteiger partial charge in [0.05, 0.1) is 6.26 Å². The second kappa shape index (κ2) is 6.51. The molecule has 0 saturated carbocycles. The minimum absolute atomic E-state index is 0.0482. The molecule has 0 atom stereocenters. The Labute approximate surface area is 140 Å². The Bertz CT molecular complexity index is 914. The Hall–Kier alpha value is -2.84. The number of benzene rings is 1. The van der Waals surface area contributed by atoms with Crippen LogP contribution in [0.25, 0.3) is 17.4 Å². The summed E-state index contributed by atoms with van der Waals surface area (Å²) < 4.78 is 11.6. The van der Waals surface area contributed by atoms with Crippen molar-refractivity contribution in [2.75, 3.05) is 0 Å². The predicted molar refractivity (Wildman–Crippen MR) is 88.5 cm³/mol. The van der Waals surface area contributed by atoms with Crippen LogP contribution < -0.4 is 0 Å². The molecule has 0 unspecified atom stereocenters. The number of carbonyl (C=O) groups excluding carboxylic acids is 1. The van der Waals surface area contributed by atoms with Gasteiger partial charge in [0.2, 0.25) is 5.78 Å². The first-order chi connectivity index (χ1) is 11.2. The van der Waals surface area contributed by atoms with Crippen LogP contribution in [0.5, 0.6) is 0 Å². The highest BCUT2D eigenvalue weighted by atomic mass is 79.9. The van der Waals surface area contributed by atoms with Gasteiger partial charge < -0.3 is 8.83 Å². The molecule has 2 heterocycles. The molecule has 5 heteroatoms. The Morgan fingerprint density at radius 3 is 2.65 bits per heavy atom. The summed E-state index contributed by atoms with van der Waals surface area (Å²) >= 11 is 3.46. The first-order valence-electron chi connectivity index (χ1n) is 6.74. The van der Waals surface area contributed by atoms with Crippen LogP contribution in [0, 0.1) is 11.3 Å². The summed E-state index contributed by atoms with van der Waals surface area (Å²) in [7, 11) is 0. The molecule has 3 aromatic rings. The van der Waals surface area contributed by atoms with Gasteiger partial charge in [-0.25, -0.2) is 0 Å². The Kier molecular flexibility index (Phi) is 4.26. The van der Waals surface area contributed by atoms with E-state index in [2.05, 4.69) is 15.9 Å². The van der Waals surface area contributed by atoms with Crippen molar-refractivity contribution in [1.29, 1.82) is 5.26 Å². The summed E-state index contributed by atoms with van der Waals surface area (Å²) in [4.78, 5) is 12.1. The van der Waals surface area contributed by atoms with Crippen molar-refractivity contribution >= 4 is 27.8 Å². The zero-order valence-electron chi connectivity index (χ0n) is 11.8. The van der Waals surface area contributed by atoms with Crippen LogP contribution in [0.15, 0.2) is 73.7 Å². The Morgan fingerprint density at radius 1 is 1.13 bits per heavy atom. The van der Waals surface area contributed by atoms with Crippen molar-refractivity contribution < 1.29 is 13.6 Å². The van der Waals surface area contributed by atoms with Gasteiger partial charge in [-0.05, 0) is 30.3 Å². The third kappa shape index (κ3) is 3.17. The molecule has 3 rings (SSSR count). The molecule has 0 saturated heterocycles. The van der Waals surface area contributed by atoms with E-state index in [0.717, 1.165) is 10.0 Å². The van der Waals surface area contributed by atoms with Gasteiger partial charge in [-0.15, -0.1) is 0 Å². The smallest absolute Gasteiger partial charge is 0.238 e. The second-order valence-corrected chi connectivity index (χ2v) is 5.51. The maximum atomic E-state index is 12.1. The fourth-order valence-electron chi connectivity index (χ4n) is 2.07. The van der Waals surface area contributed by atoms with Crippen LogP contribution in [0.4, 0.5) is 0 Å². The number of rotatable bonds is 4. The normalized spacial score (nSPS) is 11.2. The number of carbonyl (C=O) groups is 1. The molecule has 0 aliphatic carbocycles. The molecule has 0 amide bonds. The van der Waals surface area contributed by atoms with Crippen LogP contribution in [0.3, 0.4) is 0 Å². The predicted octanol–water partition coefficient (Wildman–Crippen LogP) is 5.09. The van der Waals surface area contributed by atoms with Crippen LogP contribution in [0.2, 0.25) is 0 Å². The zero-order chi connectivity index (χ0) is 16.2. The largest absolute Gasteiger partial charge is 0.461 e. The molecule has 0 fully saturated rings. The number of nitrogens with zero attached hydrogens (tertiary/aromatic N) is 1. The third-order valence-electron chi connectivity index (χ3n) is 3.16. The molecular weight excluding hydrogens is 358 g/mol. The van der Waals surface area contributed by atoms with E-state index in [4.69, 9.17) is 8.83 Å². The minimum Gasteiger partial charge on any atom is -0.461 e. The maximum Gasteiger partial charge on any atom is 0.238 e. The van der Waals surface area contributed by atoms with Crippen molar-refractivity contribution in [3.63, 3.8) is 0 Å². The van der Waals surface area contributed by atoms with Crippen LogP contribution in [0.1, 0.15) is 16.3 Å². The number of halogens is 1. The van der Waals surface area contributed by atoms with Crippen LogP contribution >= 0.6 is 15.9 Å². The van der Waals surface area contributed by atoms with Gasteiger partial charge in [0.25, 0.3) is 0 Å². The summed E-state index contributed by atoms with van der Waals surface area (Å²) in [5.41, 5.74) is 0.844. The number of allylic oxidation sites excluding steroid dienone is 1. The first kappa shape index (κ1) is 15.1. The van der Waals surface area contributed by atoms with E-state index in [0.29, 0.717) is 11.5 Å². The summed E-state index contributed by atoms with van der Waals surface area (Å²) in [6.45, 7) is 0. The van der Waals surface area contributed by atoms with E-state index in [1.807, 2.05) is 30.3 Å². The molecule has 23 heavy (non-hydrogen) atoms. The highest BCUT2D eigenvalue weighted by molar-refractivity contribution is 9.10. The van der Waals surface area contributed by atoms with Crippen molar-refractivity contribution in [2.24, 2.45) is 0 Å². The second-order valence-electron chi connectivity index (χ2n) is 4.66. The first-order valence-corrected chi connectivity index (χ1v) is 7.53. The molecule has 1 aromatic carbocycles. The molecule has 0 aliphatic heterocycles. The molecule has 0 aliphatic rings. The highest BCUT2D eigenvalue weighted by Gasteiger charge is 2.16. The van der Waals surface area contributed by atoms with Gasteiger partial charge in [-0.3, -0.25) is 4.79 Å². The van der Waals surface area contributed by atoms with Crippen molar-refractivity contribution in [1.82, 2.24) is 0 Å². The van der Waals surface area contributed by atoms with E-state index in [-0.39, 0.29) is 11.3 Å². The Balaban J connectivity index is 1.92. The molecule has 112 valence electrons. The minimum atomic E-state index is -0.476. The van der Waals surface area contributed by atoms with Gasteiger partial charge in [0.15, 0.2) is 5.76 Å². The van der Waals surface area contributed by atoms with E-state index < -0.39 is 5.78 Å². The van der Waals surface area contributed by atoms with Crippen molar-refractivity contribution in [2.45, 2.75) is 0 Å². The fourth-order valence-corrected chi connectivity index (χ4v) is 2.55. The van der Waals surface area contributed by atoms with Gasteiger partial charge in [0.1, 0.15) is 23.2 Å². The highest BCUT2D eigenvalue weighted by Crippen LogP contribution is 2.30. The van der Waals surface area contributed by atoms with E-state index in [1.54, 1.807) is 18.2 Å². The monoisotopic (exact) mass is 367 g/mol. The average Bonchev–Trinajstić information content (AvgIpc) is 3.24. The molecule has 0 spiro atoms. The van der Waals surface area contributed by atoms with Crippen LogP contribution in [-0.2, 0) is 0 Å². The number of hydrogen-bond acceptors (Lipinski definition) is 4. The summed E-state index contributed by atoms with van der Waals surface area (Å²) in [6.07, 6.45) is 2.80. The summed E-state index contributed by atoms with van der Waals surface area (Å²) in [5.74, 6) is 0.713. The van der Waals surface area contributed by atoms with Crippen molar-refractivity contribution in [3.05, 3.63) is 76.4 Å². The molecule has 0 bridgehead atoms. The lowest BCUT2D eigenvalue weighted by Gasteiger charge is -1.99. The van der Waals surface area contributed by atoms with Gasteiger partial charge in [-0.1, -0.05) is 34.1 Å². The molecule has 4 nitrogen and oxygen atoms in total.